The van der Waals surface area contributed by atoms with E-state index in [2.05, 4.69) is 15.3 Å². The molecule has 0 saturated heterocycles. The monoisotopic (exact) mass is 482 g/mol. The first kappa shape index (κ1) is 24.4. The average Bonchev–Trinajstić information content (AvgIpc) is 2.88. The summed E-state index contributed by atoms with van der Waals surface area (Å²) in [5.74, 6) is -1.16. The van der Waals surface area contributed by atoms with Crippen molar-refractivity contribution in [2.45, 2.75) is 50.4 Å². The van der Waals surface area contributed by atoms with E-state index in [0.29, 0.717) is 5.56 Å². The SMILES string of the molecule is O=C(NC1CCCCC1)[C@@H](c1ccncc1)N(C(=O)c1ccccn1)c1cccc(C(F)(F)F)c1. The van der Waals surface area contributed by atoms with Crippen molar-refractivity contribution in [2.24, 2.45) is 0 Å². The van der Waals surface area contributed by atoms with E-state index in [1.807, 2.05) is 0 Å². The first-order valence-corrected chi connectivity index (χ1v) is 11.5. The zero-order chi connectivity index (χ0) is 24.8. The minimum absolute atomic E-state index is 0.00874. The molecular formula is C26H25F3N4O2. The summed E-state index contributed by atoms with van der Waals surface area (Å²) in [5.41, 5.74) is -0.546. The number of aromatic nitrogens is 2. The summed E-state index contributed by atoms with van der Waals surface area (Å²) in [6.45, 7) is 0. The normalized spacial score (nSPS) is 15.3. The van der Waals surface area contributed by atoms with Gasteiger partial charge in [-0.25, -0.2) is 0 Å². The number of benzene rings is 1. The van der Waals surface area contributed by atoms with Gasteiger partial charge in [0.2, 0.25) is 5.91 Å². The molecule has 6 nitrogen and oxygen atoms in total. The van der Waals surface area contributed by atoms with Crippen LogP contribution in [-0.4, -0.2) is 27.8 Å². The van der Waals surface area contributed by atoms with Crippen molar-refractivity contribution in [3.63, 3.8) is 0 Å². The molecule has 35 heavy (non-hydrogen) atoms. The number of nitrogens with zero attached hydrogens (tertiary/aromatic N) is 3. The van der Waals surface area contributed by atoms with Gasteiger partial charge in [0.1, 0.15) is 11.7 Å². The fourth-order valence-electron chi connectivity index (χ4n) is 4.32. The molecule has 0 bridgehead atoms. The molecule has 1 N–H and O–H groups in total. The number of amides is 2. The molecule has 0 aliphatic heterocycles. The third kappa shape index (κ3) is 5.85. The number of alkyl halides is 3. The smallest absolute Gasteiger partial charge is 0.351 e. The van der Waals surface area contributed by atoms with E-state index in [1.54, 1.807) is 24.3 Å². The predicted octanol–water partition coefficient (Wildman–Crippen LogP) is 5.33. The number of anilines is 1. The zero-order valence-corrected chi connectivity index (χ0v) is 18.9. The molecule has 1 aromatic carbocycles. The lowest BCUT2D eigenvalue weighted by Crippen LogP contribution is -2.47. The zero-order valence-electron chi connectivity index (χ0n) is 18.9. The van der Waals surface area contributed by atoms with Gasteiger partial charge in [-0.05, 0) is 60.9 Å². The van der Waals surface area contributed by atoms with Crippen LogP contribution in [0.5, 0.6) is 0 Å². The highest BCUT2D eigenvalue weighted by Gasteiger charge is 2.37. The van der Waals surface area contributed by atoms with Crippen LogP contribution in [0.2, 0.25) is 0 Å². The van der Waals surface area contributed by atoms with Gasteiger partial charge in [-0.3, -0.25) is 24.5 Å². The number of pyridine rings is 2. The van der Waals surface area contributed by atoms with Gasteiger partial charge in [0.05, 0.1) is 5.56 Å². The maximum absolute atomic E-state index is 13.7. The Morgan fingerprint density at radius 2 is 1.69 bits per heavy atom. The van der Waals surface area contributed by atoms with Crippen molar-refractivity contribution in [3.8, 4) is 0 Å². The van der Waals surface area contributed by atoms with Crippen LogP contribution < -0.4 is 10.2 Å². The Balaban J connectivity index is 1.82. The molecular weight excluding hydrogens is 457 g/mol. The summed E-state index contributed by atoms with van der Waals surface area (Å²) in [5, 5.41) is 3.02. The van der Waals surface area contributed by atoms with Crippen LogP contribution >= 0.6 is 0 Å². The highest BCUT2D eigenvalue weighted by atomic mass is 19.4. The van der Waals surface area contributed by atoms with Gasteiger partial charge in [-0.15, -0.1) is 0 Å². The molecule has 0 unspecified atom stereocenters. The van der Waals surface area contributed by atoms with Crippen LogP contribution in [0.3, 0.4) is 0 Å². The minimum Gasteiger partial charge on any atom is -0.351 e. The largest absolute Gasteiger partial charge is 0.416 e. The molecule has 0 spiro atoms. The number of hydrogen-bond acceptors (Lipinski definition) is 4. The topological polar surface area (TPSA) is 75.2 Å². The maximum atomic E-state index is 13.7. The molecule has 1 saturated carbocycles. The van der Waals surface area contributed by atoms with Gasteiger partial charge >= 0.3 is 6.18 Å². The molecule has 2 heterocycles. The Labute approximate surface area is 201 Å². The summed E-state index contributed by atoms with van der Waals surface area (Å²) in [6.07, 6.45) is 4.43. The lowest BCUT2D eigenvalue weighted by atomic mass is 9.94. The van der Waals surface area contributed by atoms with E-state index >= 15 is 0 Å². The van der Waals surface area contributed by atoms with E-state index in [-0.39, 0.29) is 17.4 Å². The molecule has 1 aliphatic rings. The summed E-state index contributed by atoms with van der Waals surface area (Å²) < 4.78 is 40.6. The quantitative estimate of drug-likeness (QED) is 0.515. The number of rotatable bonds is 6. The number of carbonyl (C=O) groups is 2. The molecule has 9 heteroatoms. The van der Waals surface area contributed by atoms with Crippen LogP contribution in [0.15, 0.2) is 73.2 Å². The molecule has 182 valence electrons. The molecule has 3 aromatic rings. The Bertz CT molecular complexity index is 1150. The fourth-order valence-corrected chi connectivity index (χ4v) is 4.32. The fraction of sp³-hybridized carbons (Fsp3) is 0.308. The summed E-state index contributed by atoms with van der Waals surface area (Å²) >= 11 is 0. The standard InChI is InChI=1S/C26H25F3N4O2/c27-26(28,29)19-7-6-10-21(17-19)33(25(35)22-11-4-5-14-31-22)23(18-12-15-30-16-13-18)24(34)32-20-8-2-1-3-9-20/h4-7,10-17,20,23H,1-3,8-9H2,(H,32,34)/t23-/m1/s1. The Kier molecular flexibility index (Phi) is 7.43. The van der Waals surface area contributed by atoms with Gasteiger partial charge in [-0.1, -0.05) is 31.4 Å². The van der Waals surface area contributed by atoms with Gasteiger partial charge in [0.25, 0.3) is 5.91 Å². The summed E-state index contributed by atoms with van der Waals surface area (Å²) in [4.78, 5) is 36.5. The van der Waals surface area contributed by atoms with Gasteiger partial charge in [-0.2, -0.15) is 13.2 Å². The maximum Gasteiger partial charge on any atom is 0.416 e. The van der Waals surface area contributed by atoms with E-state index < -0.39 is 29.6 Å². The first-order chi connectivity index (χ1) is 16.8. The lowest BCUT2D eigenvalue weighted by Gasteiger charge is -2.33. The number of nitrogens with one attached hydrogen (secondary N) is 1. The van der Waals surface area contributed by atoms with E-state index in [4.69, 9.17) is 0 Å². The van der Waals surface area contributed by atoms with Crippen LogP contribution in [0.25, 0.3) is 0 Å². The van der Waals surface area contributed by atoms with Crippen molar-refractivity contribution in [2.75, 3.05) is 4.90 Å². The van der Waals surface area contributed by atoms with Crippen LogP contribution in [0.4, 0.5) is 18.9 Å². The van der Waals surface area contributed by atoms with Crippen molar-refractivity contribution in [3.05, 3.63) is 90.0 Å². The Hall–Kier alpha value is -3.75. The molecule has 4 rings (SSSR count). The van der Waals surface area contributed by atoms with Crippen LogP contribution in [0.1, 0.15) is 59.8 Å². The van der Waals surface area contributed by atoms with Crippen LogP contribution in [0, 0.1) is 0 Å². The summed E-state index contributed by atoms with van der Waals surface area (Å²) in [6, 6.07) is 11.0. The van der Waals surface area contributed by atoms with Gasteiger partial charge < -0.3 is 5.32 Å². The van der Waals surface area contributed by atoms with E-state index in [0.717, 1.165) is 49.1 Å². The molecule has 1 aliphatic carbocycles. The van der Waals surface area contributed by atoms with Crippen molar-refractivity contribution < 1.29 is 22.8 Å². The second-order valence-electron chi connectivity index (χ2n) is 8.46. The second kappa shape index (κ2) is 10.7. The Morgan fingerprint density at radius 3 is 2.34 bits per heavy atom. The third-order valence-electron chi connectivity index (χ3n) is 6.03. The first-order valence-electron chi connectivity index (χ1n) is 11.5. The lowest BCUT2D eigenvalue weighted by molar-refractivity contribution is -0.137. The number of halogens is 3. The van der Waals surface area contributed by atoms with E-state index in [1.165, 1.54) is 36.8 Å². The average molecular weight is 483 g/mol. The molecule has 1 fully saturated rings. The molecule has 2 aromatic heterocycles. The second-order valence-corrected chi connectivity index (χ2v) is 8.46. The summed E-state index contributed by atoms with van der Waals surface area (Å²) in [7, 11) is 0. The molecule has 2 amide bonds. The van der Waals surface area contributed by atoms with Gasteiger partial charge in [0, 0.05) is 30.3 Å². The third-order valence-corrected chi connectivity index (χ3v) is 6.03. The number of carbonyl (C=O) groups excluding carboxylic acids is 2. The number of hydrogen-bond donors (Lipinski definition) is 1. The highest BCUT2D eigenvalue weighted by Crippen LogP contribution is 2.35. The van der Waals surface area contributed by atoms with E-state index in [9.17, 15) is 22.8 Å². The molecule has 1 atom stereocenters. The Morgan fingerprint density at radius 1 is 0.943 bits per heavy atom. The highest BCUT2D eigenvalue weighted by molar-refractivity contribution is 6.09. The van der Waals surface area contributed by atoms with Crippen molar-refractivity contribution in [1.29, 1.82) is 0 Å². The van der Waals surface area contributed by atoms with Crippen molar-refractivity contribution in [1.82, 2.24) is 15.3 Å². The van der Waals surface area contributed by atoms with Crippen molar-refractivity contribution >= 4 is 17.5 Å². The van der Waals surface area contributed by atoms with Gasteiger partial charge in [0.15, 0.2) is 0 Å². The van der Waals surface area contributed by atoms with Crippen LogP contribution in [-0.2, 0) is 11.0 Å². The molecule has 0 radical (unpaired) electrons. The predicted molar refractivity (Wildman–Crippen MR) is 124 cm³/mol. The minimum atomic E-state index is -4.62.